The molecule has 0 aromatic heterocycles. The third-order valence-corrected chi connectivity index (χ3v) is 3.34. The molecule has 0 saturated carbocycles. The van der Waals surface area contributed by atoms with E-state index in [-0.39, 0.29) is 5.92 Å². The lowest BCUT2D eigenvalue weighted by Crippen LogP contribution is -2.50. The topological polar surface area (TPSA) is 12.0 Å². The Morgan fingerprint density at radius 3 is 2.77 bits per heavy atom. The Kier molecular flexibility index (Phi) is 3.72. The van der Waals surface area contributed by atoms with Gasteiger partial charge in [0.1, 0.15) is 5.67 Å². The van der Waals surface area contributed by atoms with E-state index >= 15 is 0 Å². The summed E-state index contributed by atoms with van der Waals surface area (Å²) in [5.41, 5.74) is -0.942. The van der Waals surface area contributed by atoms with Crippen LogP contribution in [0.25, 0.3) is 0 Å². The molecule has 1 fully saturated rings. The van der Waals surface area contributed by atoms with Gasteiger partial charge in [-0.3, -0.25) is 0 Å². The highest BCUT2D eigenvalue weighted by molar-refractivity contribution is 4.92. The van der Waals surface area contributed by atoms with Crippen molar-refractivity contribution in [1.82, 2.24) is 5.32 Å². The minimum atomic E-state index is -0.942. The second-order valence-electron chi connectivity index (χ2n) is 4.54. The van der Waals surface area contributed by atoms with E-state index in [0.29, 0.717) is 12.6 Å². The van der Waals surface area contributed by atoms with Crippen LogP contribution in [-0.2, 0) is 0 Å². The van der Waals surface area contributed by atoms with Crippen LogP contribution in [-0.4, -0.2) is 18.3 Å². The molecule has 1 aliphatic heterocycles. The van der Waals surface area contributed by atoms with Crippen LogP contribution in [0.4, 0.5) is 4.39 Å². The average molecular weight is 187 g/mol. The number of hydrogen-bond acceptors (Lipinski definition) is 1. The molecule has 3 atom stereocenters. The molecule has 0 radical (unpaired) electrons. The second-order valence-corrected chi connectivity index (χ2v) is 4.54. The summed E-state index contributed by atoms with van der Waals surface area (Å²) < 4.78 is 14.3. The van der Waals surface area contributed by atoms with Crippen LogP contribution in [0, 0.1) is 5.92 Å². The zero-order valence-corrected chi connectivity index (χ0v) is 9.07. The predicted octanol–water partition coefficient (Wildman–Crippen LogP) is 2.90. The van der Waals surface area contributed by atoms with Gasteiger partial charge in [0.2, 0.25) is 0 Å². The molecule has 1 rings (SSSR count). The van der Waals surface area contributed by atoms with Gasteiger partial charge in [-0.25, -0.2) is 4.39 Å². The van der Waals surface area contributed by atoms with E-state index in [0.717, 1.165) is 25.7 Å². The average Bonchev–Trinajstić information content (AvgIpc) is 2.11. The van der Waals surface area contributed by atoms with E-state index in [4.69, 9.17) is 0 Å². The largest absolute Gasteiger partial charge is 0.311 e. The summed E-state index contributed by atoms with van der Waals surface area (Å²) in [6.45, 7) is 6.85. The molecule has 3 unspecified atom stereocenters. The van der Waals surface area contributed by atoms with Crippen LogP contribution in [0.2, 0.25) is 0 Å². The standard InChI is InChI=1S/C11H22FN/c1-4-5-9(2)11(12)7-6-10(3)13-8-11/h9-10,13H,4-8H2,1-3H3. The van der Waals surface area contributed by atoms with Crippen molar-refractivity contribution in [3.05, 3.63) is 0 Å². The van der Waals surface area contributed by atoms with Gasteiger partial charge < -0.3 is 5.32 Å². The van der Waals surface area contributed by atoms with Gasteiger partial charge in [-0.15, -0.1) is 0 Å². The van der Waals surface area contributed by atoms with Crippen LogP contribution in [0.5, 0.6) is 0 Å². The van der Waals surface area contributed by atoms with Crippen LogP contribution >= 0.6 is 0 Å². The van der Waals surface area contributed by atoms with Crippen molar-refractivity contribution < 1.29 is 4.39 Å². The molecule has 1 saturated heterocycles. The second kappa shape index (κ2) is 4.41. The molecule has 1 nitrogen and oxygen atoms in total. The van der Waals surface area contributed by atoms with Gasteiger partial charge in [0.25, 0.3) is 0 Å². The van der Waals surface area contributed by atoms with E-state index in [1.54, 1.807) is 0 Å². The van der Waals surface area contributed by atoms with Crippen molar-refractivity contribution in [1.29, 1.82) is 0 Å². The minimum absolute atomic E-state index is 0.206. The summed E-state index contributed by atoms with van der Waals surface area (Å²) in [4.78, 5) is 0. The zero-order valence-electron chi connectivity index (χ0n) is 9.07. The van der Waals surface area contributed by atoms with Gasteiger partial charge in [-0.05, 0) is 32.1 Å². The summed E-state index contributed by atoms with van der Waals surface area (Å²) >= 11 is 0. The van der Waals surface area contributed by atoms with Crippen LogP contribution in [0.1, 0.15) is 46.5 Å². The third kappa shape index (κ3) is 2.67. The SMILES string of the molecule is CCCC(C)C1(F)CCC(C)NC1. The lowest BCUT2D eigenvalue weighted by Gasteiger charge is -2.38. The Hall–Kier alpha value is -0.110. The summed E-state index contributed by atoms with van der Waals surface area (Å²) in [6.07, 6.45) is 3.81. The van der Waals surface area contributed by atoms with E-state index in [9.17, 15) is 4.39 Å². The number of hydrogen-bond donors (Lipinski definition) is 1. The first-order valence-electron chi connectivity index (χ1n) is 5.51. The predicted molar refractivity (Wildman–Crippen MR) is 54.6 cm³/mol. The van der Waals surface area contributed by atoms with E-state index < -0.39 is 5.67 Å². The van der Waals surface area contributed by atoms with Crippen molar-refractivity contribution in [2.75, 3.05) is 6.54 Å². The Balaban J connectivity index is 2.46. The molecule has 2 heteroatoms. The fraction of sp³-hybridized carbons (Fsp3) is 1.00. The van der Waals surface area contributed by atoms with Crippen molar-refractivity contribution in [3.63, 3.8) is 0 Å². The first kappa shape index (κ1) is 11.0. The molecular formula is C11H22FN. The maximum atomic E-state index is 14.3. The van der Waals surface area contributed by atoms with E-state index in [2.05, 4.69) is 19.2 Å². The Morgan fingerprint density at radius 1 is 1.62 bits per heavy atom. The highest BCUT2D eigenvalue weighted by Gasteiger charge is 2.38. The molecule has 0 spiro atoms. The molecular weight excluding hydrogens is 165 g/mol. The Labute approximate surface area is 81.1 Å². The van der Waals surface area contributed by atoms with E-state index in [1.807, 2.05) is 6.92 Å². The molecule has 13 heavy (non-hydrogen) atoms. The minimum Gasteiger partial charge on any atom is -0.311 e. The quantitative estimate of drug-likeness (QED) is 0.716. The van der Waals surface area contributed by atoms with Crippen molar-refractivity contribution in [2.45, 2.75) is 58.2 Å². The maximum Gasteiger partial charge on any atom is 0.126 e. The number of piperidine rings is 1. The van der Waals surface area contributed by atoms with Gasteiger partial charge in [-0.2, -0.15) is 0 Å². The van der Waals surface area contributed by atoms with Gasteiger partial charge in [0.05, 0.1) is 0 Å². The maximum absolute atomic E-state index is 14.3. The first-order valence-corrected chi connectivity index (χ1v) is 5.51. The number of alkyl halides is 1. The molecule has 1 aliphatic rings. The van der Waals surface area contributed by atoms with Crippen LogP contribution in [0.3, 0.4) is 0 Å². The third-order valence-electron chi connectivity index (χ3n) is 3.34. The van der Waals surface area contributed by atoms with Crippen LogP contribution in [0.15, 0.2) is 0 Å². The van der Waals surface area contributed by atoms with Gasteiger partial charge in [0.15, 0.2) is 0 Å². The van der Waals surface area contributed by atoms with Crippen molar-refractivity contribution in [3.8, 4) is 0 Å². The monoisotopic (exact) mass is 187 g/mol. The number of nitrogens with one attached hydrogen (secondary N) is 1. The molecule has 78 valence electrons. The number of rotatable bonds is 3. The number of halogens is 1. The van der Waals surface area contributed by atoms with Gasteiger partial charge in [-0.1, -0.05) is 20.3 Å². The van der Waals surface area contributed by atoms with Crippen LogP contribution < -0.4 is 5.32 Å². The van der Waals surface area contributed by atoms with Gasteiger partial charge >= 0.3 is 0 Å². The van der Waals surface area contributed by atoms with E-state index in [1.165, 1.54) is 0 Å². The summed E-state index contributed by atoms with van der Waals surface area (Å²) in [7, 11) is 0. The zero-order chi connectivity index (χ0) is 9.90. The van der Waals surface area contributed by atoms with Crippen molar-refractivity contribution in [2.24, 2.45) is 5.92 Å². The molecule has 0 bridgehead atoms. The fourth-order valence-electron chi connectivity index (χ4n) is 2.10. The Bertz CT molecular complexity index is 150. The summed E-state index contributed by atoms with van der Waals surface area (Å²) in [5.74, 6) is 0.206. The molecule has 0 amide bonds. The highest BCUT2D eigenvalue weighted by Crippen LogP contribution is 2.33. The first-order chi connectivity index (χ1) is 6.08. The normalized spacial score (nSPS) is 37.4. The molecule has 0 aromatic rings. The molecule has 0 aromatic carbocycles. The van der Waals surface area contributed by atoms with Gasteiger partial charge in [0, 0.05) is 12.6 Å². The highest BCUT2D eigenvalue weighted by atomic mass is 19.1. The summed E-state index contributed by atoms with van der Waals surface area (Å²) in [6, 6.07) is 0.498. The molecule has 1 heterocycles. The van der Waals surface area contributed by atoms with Crippen molar-refractivity contribution >= 4 is 0 Å². The molecule has 0 aliphatic carbocycles. The summed E-state index contributed by atoms with van der Waals surface area (Å²) in [5, 5.41) is 3.24. The smallest absolute Gasteiger partial charge is 0.126 e. The lowest BCUT2D eigenvalue weighted by molar-refractivity contribution is 0.0452. The Morgan fingerprint density at radius 2 is 2.31 bits per heavy atom. The molecule has 1 N–H and O–H groups in total. The lowest BCUT2D eigenvalue weighted by atomic mass is 9.80. The fourth-order valence-corrected chi connectivity index (χ4v) is 2.10.